The van der Waals surface area contributed by atoms with E-state index in [2.05, 4.69) is 15.4 Å². The summed E-state index contributed by atoms with van der Waals surface area (Å²) in [7, 11) is -3.14. The van der Waals surface area contributed by atoms with Gasteiger partial charge in [-0.15, -0.1) is 24.0 Å². The van der Waals surface area contributed by atoms with Gasteiger partial charge >= 0.3 is 0 Å². The third-order valence-electron chi connectivity index (χ3n) is 4.68. The van der Waals surface area contributed by atoms with Crippen molar-refractivity contribution in [2.75, 3.05) is 45.1 Å². The molecule has 1 fully saturated rings. The quantitative estimate of drug-likeness (QED) is 0.164. The number of rotatable bonds is 12. The molecule has 1 rings (SSSR count). The molecular formula is C17H37IN4O3S. The average molecular weight is 504 g/mol. The van der Waals surface area contributed by atoms with Crippen molar-refractivity contribution < 1.29 is 13.2 Å². The normalized spacial score (nSPS) is 17.0. The molecule has 0 aliphatic heterocycles. The second-order valence-electron chi connectivity index (χ2n) is 6.57. The van der Waals surface area contributed by atoms with Gasteiger partial charge < -0.3 is 15.4 Å². The zero-order chi connectivity index (χ0) is 18.6. The van der Waals surface area contributed by atoms with Crippen molar-refractivity contribution >= 4 is 40.0 Å². The molecule has 0 heterocycles. The van der Waals surface area contributed by atoms with Crippen LogP contribution >= 0.6 is 24.0 Å². The Balaban J connectivity index is 0.00000625. The summed E-state index contributed by atoms with van der Waals surface area (Å²) >= 11 is 0. The van der Waals surface area contributed by atoms with Crippen LogP contribution in [0, 0.1) is 5.41 Å². The van der Waals surface area contributed by atoms with Gasteiger partial charge in [0.1, 0.15) is 0 Å². The van der Waals surface area contributed by atoms with Crippen molar-refractivity contribution in [2.24, 2.45) is 10.4 Å². The second-order valence-corrected chi connectivity index (χ2v) is 8.67. The summed E-state index contributed by atoms with van der Waals surface area (Å²) in [6, 6.07) is 0. The summed E-state index contributed by atoms with van der Waals surface area (Å²) in [5, 5.41) is 6.44. The molecular weight excluding hydrogens is 467 g/mol. The van der Waals surface area contributed by atoms with E-state index >= 15 is 0 Å². The third kappa shape index (κ3) is 10.3. The first kappa shape index (κ1) is 25.9. The summed E-state index contributed by atoms with van der Waals surface area (Å²) in [5.74, 6) is 0.852. The van der Waals surface area contributed by atoms with Crippen LogP contribution in [0.1, 0.15) is 52.9 Å². The molecule has 1 aliphatic carbocycles. The van der Waals surface area contributed by atoms with Crippen LogP contribution in [-0.4, -0.2) is 59.5 Å². The standard InChI is InChI=1S/C17H36N4O3S.HI/c1-4-18-16(19-12-13-21-25(22,23)6-3)20-15-17(9-7-8-10-17)11-14-24-5-2;/h21H,4-15H2,1-3H3,(H2,18,19,20);1H. The van der Waals surface area contributed by atoms with Crippen molar-refractivity contribution in [3.05, 3.63) is 0 Å². The van der Waals surface area contributed by atoms with Crippen LogP contribution in [0.25, 0.3) is 0 Å². The molecule has 1 aliphatic rings. The van der Waals surface area contributed by atoms with Crippen molar-refractivity contribution in [3.8, 4) is 0 Å². The molecule has 0 saturated heterocycles. The number of hydrogen-bond donors (Lipinski definition) is 3. The number of sulfonamides is 1. The molecule has 156 valence electrons. The van der Waals surface area contributed by atoms with Crippen molar-refractivity contribution in [3.63, 3.8) is 0 Å². The first-order valence-electron chi connectivity index (χ1n) is 9.54. The Hall–Kier alpha value is -0.130. The lowest BCUT2D eigenvalue weighted by molar-refractivity contribution is 0.107. The van der Waals surface area contributed by atoms with Gasteiger partial charge in [0.2, 0.25) is 10.0 Å². The van der Waals surface area contributed by atoms with E-state index in [-0.39, 0.29) is 35.1 Å². The van der Waals surface area contributed by atoms with Gasteiger partial charge in [0.25, 0.3) is 0 Å². The molecule has 0 amide bonds. The van der Waals surface area contributed by atoms with E-state index in [1.165, 1.54) is 25.7 Å². The fourth-order valence-corrected chi connectivity index (χ4v) is 3.74. The number of hydrogen-bond acceptors (Lipinski definition) is 4. The van der Waals surface area contributed by atoms with Crippen LogP contribution in [0.15, 0.2) is 4.99 Å². The maximum Gasteiger partial charge on any atom is 0.211 e. The van der Waals surface area contributed by atoms with Gasteiger partial charge in [-0.2, -0.15) is 0 Å². The van der Waals surface area contributed by atoms with Gasteiger partial charge in [-0.05, 0) is 45.4 Å². The smallest absolute Gasteiger partial charge is 0.211 e. The molecule has 0 aromatic carbocycles. The Labute approximate surface area is 176 Å². The highest BCUT2D eigenvalue weighted by molar-refractivity contribution is 14.0. The number of guanidine groups is 1. The Morgan fingerprint density at radius 1 is 1.12 bits per heavy atom. The van der Waals surface area contributed by atoms with E-state index in [1.807, 2.05) is 13.8 Å². The van der Waals surface area contributed by atoms with E-state index in [1.54, 1.807) is 6.92 Å². The maximum absolute atomic E-state index is 11.4. The van der Waals surface area contributed by atoms with Crippen LogP contribution in [0.4, 0.5) is 0 Å². The van der Waals surface area contributed by atoms with Gasteiger partial charge in [-0.1, -0.05) is 12.8 Å². The topological polar surface area (TPSA) is 91.8 Å². The highest BCUT2D eigenvalue weighted by Crippen LogP contribution is 2.41. The van der Waals surface area contributed by atoms with Crippen molar-refractivity contribution in [1.29, 1.82) is 0 Å². The summed E-state index contributed by atoms with van der Waals surface area (Å²) < 4.78 is 31.0. The Morgan fingerprint density at radius 3 is 2.38 bits per heavy atom. The van der Waals surface area contributed by atoms with Gasteiger partial charge in [0.05, 0.1) is 5.75 Å². The van der Waals surface area contributed by atoms with Gasteiger partial charge in [-0.3, -0.25) is 4.99 Å². The Kier molecular flexibility index (Phi) is 13.9. The SMILES string of the molecule is CCNC(=NCC1(CCOCC)CCCC1)NCCNS(=O)(=O)CC.I. The van der Waals surface area contributed by atoms with Crippen LogP contribution in [-0.2, 0) is 14.8 Å². The first-order valence-corrected chi connectivity index (χ1v) is 11.2. The van der Waals surface area contributed by atoms with E-state index in [0.29, 0.717) is 13.1 Å². The van der Waals surface area contributed by atoms with E-state index in [0.717, 1.165) is 38.7 Å². The summed E-state index contributed by atoms with van der Waals surface area (Å²) in [5.41, 5.74) is 0.251. The molecule has 7 nitrogen and oxygen atoms in total. The minimum absolute atomic E-state index is 0. The molecule has 3 N–H and O–H groups in total. The predicted octanol–water partition coefficient (Wildman–Crippen LogP) is 2.09. The lowest BCUT2D eigenvalue weighted by atomic mass is 9.83. The fraction of sp³-hybridized carbons (Fsp3) is 0.941. The van der Waals surface area contributed by atoms with Crippen LogP contribution < -0.4 is 15.4 Å². The van der Waals surface area contributed by atoms with Crippen LogP contribution in [0.2, 0.25) is 0 Å². The second kappa shape index (κ2) is 14.0. The molecule has 1 saturated carbocycles. The highest BCUT2D eigenvalue weighted by Gasteiger charge is 2.33. The van der Waals surface area contributed by atoms with E-state index in [9.17, 15) is 8.42 Å². The minimum atomic E-state index is -3.14. The Morgan fingerprint density at radius 2 is 1.81 bits per heavy atom. The number of ether oxygens (including phenoxy) is 1. The van der Waals surface area contributed by atoms with Crippen LogP contribution in [0.5, 0.6) is 0 Å². The van der Waals surface area contributed by atoms with Gasteiger partial charge in [-0.25, -0.2) is 13.1 Å². The van der Waals surface area contributed by atoms with Crippen LogP contribution in [0.3, 0.4) is 0 Å². The molecule has 26 heavy (non-hydrogen) atoms. The number of nitrogens with one attached hydrogen (secondary N) is 3. The van der Waals surface area contributed by atoms with Gasteiger partial charge in [0.15, 0.2) is 5.96 Å². The summed E-state index contributed by atoms with van der Waals surface area (Å²) in [4.78, 5) is 4.76. The molecule has 0 aromatic rings. The third-order valence-corrected chi connectivity index (χ3v) is 6.09. The number of nitrogens with zero attached hydrogens (tertiary/aromatic N) is 1. The monoisotopic (exact) mass is 504 g/mol. The summed E-state index contributed by atoms with van der Waals surface area (Å²) in [6.07, 6.45) is 6.01. The zero-order valence-electron chi connectivity index (χ0n) is 16.5. The molecule has 0 spiro atoms. The average Bonchev–Trinajstić information content (AvgIpc) is 3.06. The summed E-state index contributed by atoms with van der Waals surface area (Å²) in [6.45, 7) is 9.68. The molecule has 0 aromatic heterocycles. The van der Waals surface area contributed by atoms with Crippen molar-refractivity contribution in [1.82, 2.24) is 15.4 Å². The Bertz CT molecular complexity index is 494. The largest absolute Gasteiger partial charge is 0.382 e. The highest BCUT2D eigenvalue weighted by atomic mass is 127. The van der Waals surface area contributed by atoms with Crippen molar-refractivity contribution in [2.45, 2.75) is 52.9 Å². The minimum Gasteiger partial charge on any atom is -0.382 e. The zero-order valence-corrected chi connectivity index (χ0v) is 19.6. The lowest BCUT2D eigenvalue weighted by Crippen LogP contribution is -2.42. The first-order chi connectivity index (χ1) is 12.0. The lowest BCUT2D eigenvalue weighted by Gasteiger charge is -2.27. The molecule has 0 atom stereocenters. The molecule has 0 bridgehead atoms. The van der Waals surface area contributed by atoms with E-state index < -0.39 is 10.0 Å². The number of halogens is 1. The predicted molar refractivity (Wildman–Crippen MR) is 119 cm³/mol. The molecule has 0 unspecified atom stereocenters. The fourth-order valence-electron chi connectivity index (χ4n) is 3.12. The van der Waals surface area contributed by atoms with Gasteiger partial charge in [0, 0.05) is 39.4 Å². The number of aliphatic imine (C=N–C) groups is 1. The molecule has 0 radical (unpaired) electrons. The van der Waals surface area contributed by atoms with E-state index in [4.69, 9.17) is 9.73 Å². The molecule has 9 heteroatoms. The maximum atomic E-state index is 11.4.